The number of benzene rings is 3. The van der Waals surface area contributed by atoms with Crippen LogP contribution in [0.15, 0.2) is 82.8 Å². The number of hydrogen-bond acceptors (Lipinski definition) is 4. The Labute approximate surface area is 190 Å². The van der Waals surface area contributed by atoms with E-state index in [-0.39, 0.29) is 21.2 Å². The molecular formula is C23H19ClN4O3S. The number of aromatic nitrogens is 1. The van der Waals surface area contributed by atoms with Crippen LogP contribution in [0.25, 0.3) is 10.9 Å². The number of hydrazone groups is 1. The third-order valence-electron chi connectivity index (χ3n) is 4.83. The first-order valence-electron chi connectivity index (χ1n) is 9.63. The molecule has 4 rings (SSSR count). The van der Waals surface area contributed by atoms with Gasteiger partial charge < -0.3 is 4.98 Å². The zero-order chi connectivity index (χ0) is 22.7. The van der Waals surface area contributed by atoms with E-state index in [4.69, 9.17) is 11.6 Å². The molecule has 9 heteroatoms. The quantitative estimate of drug-likeness (QED) is 0.283. The van der Waals surface area contributed by atoms with Crippen LogP contribution in [0.2, 0.25) is 5.02 Å². The second-order valence-electron chi connectivity index (χ2n) is 7.02. The maximum atomic E-state index is 12.7. The van der Waals surface area contributed by atoms with Gasteiger partial charge in [-0.1, -0.05) is 48.0 Å². The second kappa shape index (κ2) is 8.86. The van der Waals surface area contributed by atoms with Crippen molar-refractivity contribution in [2.24, 2.45) is 5.10 Å². The zero-order valence-corrected chi connectivity index (χ0v) is 18.5. The number of rotatable bonds is 6. The third kappa shape index (κ3) is 4.51. The Balaban J connectivity index is 1.51. The summed E-state index contributed by atoms with van der Waals surface area (Å²) in [6.45, 7) is 1.92. The van der Waals surface area contributed by atoms with Crippen molar-refractivity contribution in [1.82, 2.24) is 10.4 Å². The first-order chi connectivity index (χ1) is 15.3. The lowest BCUT2D eigenvalue weighted by atomic mass is 10.1. The molecule has 0 bridgehead atoms. The van der Waals surface area contributed by atoms with Gasteiger partial charge in [-0.2, -0.15) is 5.10 Å². The molecule has 0 aliphatic rings. The van der Waals surface area contributed by atoms with Crippen LogP contribution in [-0.2, 0) is 10.0 Å². The number of sulfonamides is 1. The average molecular weight is 467 g/mol. The van der Waals surface area contributed by atoms with E-state index in [0.717, 1.165) is 22.2 Å². The standard InChI is InChI=1S/C23H19ClN4O3S/c1-15-19(18-9-2-4-11-21(18)26-15)14-25-27-23(29)16-7-6-8-17(13-16)32(30,31)28-22-12-5-3-10-20(22)24/h2-14,26,28H,1H3,(H,27,29). The van der Waals surface area contributed by atoms with Crippen molar-refractivity contribution in [2.75, 3.05) is 4.72 Å². The van der Waals surface area contributed by atoms with Gasteiger partial charge in [0, 0.05) is 27.7 Å². The number of nitrogens with zero attached hydrogens (tertiary/aromatic N) is 1. The topological polar surface area (TPSA) is 103 Å². The minimum atomic E-state index is -3.93. The van der Waals surface area contributed by atoms with Crippen LogP contribution < -0.4 is 10.1 Å². The highest BCUT2D eigenvalue weighted by Gasteiger charge is 2.17. The highest BCUT2D eigenvalue weighted by molar-refractivity contribution is 7.92. The second-order valence-corrected chi connectivity index (χ2v) is 9.11. The Bertz CT molecular complexity index is 1440. The molecule has 0 fully saturated rings. The van der Waals surface area contributed by atoms with Crippen molar-refractivity contribution in [3.05, 3.63) is 94.6 Å². The Morgan fingerprint density at radius 3 is 2.59 bits per heavy atom. The molecule has 0 aliphatic carbocycles. The van der Waals surface area contributed by atoms with Crippen molar-refractivity contribution in [3.8, 4) is 0 Å². The van der Waals surface area contributed by atoms with E-state index in [1.54, 1.807) is 30.5 Å². The number of nitrogens with one attached hydrogen (secondary N) is 3. The maximum Gasteiger partial charge on any atom is 0.271 e. The molecule has 4 aromatic rings. The third-order valence-corrected chi connectivity index (χ3v) is 6.52. The van der Waals surface area contributed by atoms with Gasteiger partial charge in [0.05, 0.1) is 21.8 Å². The van der Waals surface area contributed by atoms with Crippen LogP contribution in [-0.4, -0.2) is 25.5 Å². The molecule has 0 saturated heterocycles. The van der Waals surface area contributed by atoms with Crippen molar-refractivity contribution in [1.29, 1.82) is 0 Å². The molecule has 0 saturated carbocycles. The SMILES string of the molecule is Cc1[nH]c2ccccc2c1C=NNC(=O)c1cccc(S(=O)(=O)Nc2ccccc2Cl)c1. The van der Waals surface area contributed by atoms with E-state index in [1.807, 2.05) is 31.2 Å². The van der Waals surface area contributed by atoms with E-state index >= 15 is 0 Å². The molecule has 0 aliphatic heterocycles. The highest BCUT2D eigenvalue weighted by atomic mass is 35.5. The Morgan fingerprint density at radius 1 is 1.03 bits per heavy atom. The number of anilines is 1. The van der Waals surface area contributed by atoms with Gasteiger partial charge in [-0.05, 0) is 43.3 Å². The Hall–Kier alpha value is -3.62. The van der Waals surface area contributed by atoms with E-state index in [2.05, 4.69) is 20.2 Å². The van der Waals surface area contributed by atoms with Crippen molar-refractivity contribution in [2.45, 2.75) is 11.8 Å². The summed E-state index contributed by atoms with van der Waals surface area (Å²) in [5.41, 5.74) is 5.61. The normalized spacial score (nSPS) is 11.7. The van der Waals surface area contributed by atoms with Crippen LogP contribution in [0.5, 0.6) is 0 Å². The maximum absolute atomic E-state index is 12.7. The van der Waals surface area contributed by atoms with Crippen molar-refractivity contribution in [3.63, 3.8) is 0 Å². The summed E-state index contributed by atoms with van der Waals surface area (Å²) in [4.78, 5) is 15.7. The van der Waals surface area contributed by atoms with E-state index in [1.165, 1.54) is 24.3 Å². The van der Waals surface area contributed by atoms with Crippen LogP contribution >= 0.6 is 11.6 Å². The fourth-order valence-corrected chi connectivity index (χ4v) is 4.60. The molecule has 3 N–H and O–H groups in total. The minimum absolute atomic E-state index is 0.0680. The molecule has 0 unspecified atom stereocenters. The predicted octanol–water partition coefficient (Wildman–Crippen LogP) is 4.69. The monoisotopic (exact) mass is 466 g/mol. The molecular weight excluding hydrogens is 448 g/mol. The Kier molecular flexibility index (Phi) is 5.98. The van der Waals surface area contributed by atoms with Gasteiger partial charge in [-0.15, -0.1) is 0 Å². The van der Waals surface area contributed by atoms with Crippen LogP contribution in [0.1, 0.15) is 21.6 Å². The molecule has 32 heavy (non-hydrogen) atoms. The van der Waals surface area contributed by atoms with Crippen molar-refractivity contribution >= 4 is 50.3 Å². The van der Waals surface area contributed by atoms with Crippen LogP contribution in [0.4, 0.5) is 5.69 Å². The smallest absolute Gasteiger partial charge is 0.271 e. The molecule has 0 radical (unpaired) electrons. The number of fused-ring (bicyclic) bond motifs is 1. The van der Waals surface area contributed by atoms with E-state index < -0.39 is 15.9 Å². The van der Waals surface area contributed by atoms with Gasteiger partial charge >= 0.3 is 0 Å². The minimum Gasteiger partial charge on any atom is -0.358 e. The summed E-state index contributed by atoms with van der Waals surface area (Å²) in [6, 6.07) is 20.0. The number of amides is 1. The molecule has 0 atom stereocenters. The lowest BCUT2D eigenvalue weighted by Crippen LogP contribution is -2.19. The number of halogens is 1. The fourth-order valence-electron chi connectivity index (χ4n) is 3.24. The Morgan fingerprint density at radius 2 is 1.78 bits per heavy atom. The van der Waals surface area contributed by atoms with Gasteiger partial charge in [-0.25, -0.2) is 13.8 Å². The lowest BCUT2D eigenvalue weighted by molar-refractivity contribution is 0.0955. The average Bonchev–Trinajstić information content (AvgIpc) is 3.10. The number of aryl methyl sites for hydroxylation is 1. The fraction of sp³-hybridized carbons (Fsp3) is 0.0435. The molecule has 3 aromatic carbocycles. The van der Waals surface area contributed by atoms with E-state index in [0.29, 0.717) is 0 Å². The molecule has 162 valence electrons. The van der Waals surface area contributed by atoms with Crippen LogP contribution in [0, 0.1) is 6.92 Å². The first kappa shape index (κ1) is 21.6. The molecule has 7 nitrogen and oxygen atoms in total. The zero-order valence-electron chi connectivity index (χ0n) is 17.0. The number of H-pyrrole nitrogens is 1. The summed E-state index contributed by atoms with van der Waals surface area (Å²) >= 11 is 6.04. The van der Waals surface area contributed by atoms with Crippen molar-refractivity contribution < 1.29 is 13.2 Å². The predicted molar refractivity (Wildman–Crippen MR) is 127 cm³/mol. The van der Waals surface area contributed by atoms with Gasteiger partial charge in [0.25, 0.3) is 15.9 Å². The number of hydrogen-bond donors (Lipinski definition) is 3. The number of carbonyl (C=O) groups excluding carboxylic acids is 1. The van der Waals surface area contributed by atoms with Gasteiger partial charge in [0.15, 0.2) is 0 Å². The molecule has 0 spiro atoms. The van der Waals surface area contributed by atoms with Crippen LogP contribution in [0.3, 0.4) is 0 Å². The van der Waals surface area contributed by atoms with E-state index in [9.17, 15) is 13.2 Å². The summed E-state index contributed by atoms with van der Waals surface area (Å²) in [5, 5.41) is 5.30. The lowest BCUT2D eigenvalue weighted by Gasteiger charge is -2.10. The van der Waals surface area contributed by atoms with Gasteiger partial charge in [0.1, 0.15) is 0 Å². The molecule has 1 amide bonds. The molecule has 1 heterocycles. The number of aromatic amines is 1. The number of carbonyl (C=O) groups is 1. The summed E-state index contributed by atoms with van der Waals surface area (Å²) in [5.74, 6) is -0.534. The van der Waals surface area contributed by atoms with Gasteiger partial charge in [-0.3, -0.25) is 9.52 Å². The summed E-state index contributed by atoms with van der Waals surface area (Å²) in [6.07, 6.45) is 1.56. The highest BCUT2D eigenvalue weighted by Crippen LogP contribution is 2.24. The first-order valence-corrected chi connectivity index (χ1v) is 11.5. The molecule has 1 aromatic heterocycles. The summed E-state index contributed by atoms with van der Waals surface area (Å²) < 4.78 is 27.9. The van der Waals surface area contributed by atoms with Gasteiger partial charge in [0.2, 0.25) is 0 Å². The summed E-state index contributed by atoms with van der Waals surface area (Å²) in [7, 11) is -3.93. The largest absolute Gasteiger partial charge is 0.358 e. The number of para-hydroxylation sites is 2.